The number of esters is 1. The average Bonchev–Trinajstić information content (AvgIpc) is 2.92. The summed E-state index contributed by atoms with van der Waals surface area (Å²) in [6.45, 7) is 10.4. The Morgan fingerprint density at radius 1 is 1.31 bits per heavy atom. The zero-order chi connectivity index (χ0) is 20.1. The number of carbonyl (C=O) groups is 3. The third-order valence-electron chi connectivity index (χ3n) is 3.30. The van der Waals surface area contributed by atoms with Crippen LogP contribution in [0.15, 0.2) is 5.38 Å². The number of thiazole rings is 1. The number of carbonyl (C=O) groups excluding carboxylic acids is 2. The Hall–Kier alpha value is -2.16. The van der Waals surface area contributed by atoms with Gasteiger partial charge in [0, 0.05) is 24.8 Å². The number of aromatic carboxylic acids is 1. The van der Waals surface area contributed by atoms with Crippen molar-refractivity contribution >= 4 is 29.4 Å². The number of rotatable bonds is 7. The lowest BCUT2D eigenvalue weighted by molar-refractivity contribution is -0.147. The van der Waals surface area contributed by atoms with Gasteiger partial charge in [-0.25, -0.2) is 14.6 Å². The molecule has 9 heteroatoms. The third-order valence-corrected chi connectivity index (χ3v) is 4.24. The molecule has 2 atom stereocenters. The summed E-state index contributed by atoms with van der Waals surface area (Å²) >= 11 is 1.10. The normalized spacial score (nSPS) is 13.8. The fourth-order valence-electron chi connectivity index (χ4n) is 2.12. The molecular weight excluding hydrogens is 360 g/mol. The van der Waals surface area contributed by atoms with Gasteiger partial charge in [-0.2, -0.15) is 0 Å². The summed E-state index contributed by atoms with van der Waals surface area (Å²) < 4.78 is 10.6. The summed E-state index contributed by atoms with van der Waals surface area (Å²) in [7, 11) is 0. The van der Waals surface area contributed by atoms with Gasteiger partial charge >= 0.3 is 18.0 Å². The van der Waals surface area contributed by atoms with E-state index in [4.69, 9.17) is 14.6 Å². The van der Waals surface area contributed by atoms with Crippen LogP contribution in [0.5, 0.6) is 0 Å². The van der Waals surface area contributed by atoms with Crippen molar-refractivity contribution in [3.63, 3.8) is 0 Å². The number of hydrogen-bond acceptors (Lipinski definition) is 7. The van der Waals surface area contributed by atoms with Crippen LogP contribution in [-0.4, -0.2) is 39.8 Å². The molecule has 1 aromatic rings. The molecule has 26 heavy (non-hydrogen) atoms. The Morgan fingerprint density at radius 3 is 2.35 bits per heavy atom. The molecule has 1 aromatic heterocycles. The first-order valence-corrected chi connectivity index (χ1v) is 9.12. The first-order chi connectivity index (χ1) is 11.9. The van der Waals surface area contributed by atoms with E-state index in [0.29, 0.717) is 5.01 Å². The van der Waals surface area contributed by atoms with Gasteiger partial charge in [-0.05, 0) is 26.7 Å². The lowest BCUT2D eigenvalue weighted by Crippen LogP contribution is -2.42. The van der Waals surface area contributed by atoms with Crippen LogP contribution in [0.2, 0.25) is 0 Å². The van der Waals surface area contributed by atoms with Crippen LogP contribution in [0.1, 0.15) is 69.6 Å². The van der Waals surface area contributed by atoms with Crippen molar-refractivity contribution in [1.82, 2.24) is 10.3 Å². The van der Waals surface area contributed by atoms with Crippen LogP contribution in [-0.2, 0) is 14.3 Å². The average molecular weight is 386 g/mol. The number of carboxylic acids is 1. The summed E-state index contributed by atoms with van der Waals surface area (Å²) in [6.07, 6.45) is -1.07. The maximum Gasteiger partial charge on any atom is 0.407 e. The molecule has 0 spiro atoms. The van der Waals surface area contributed by atoms with E-state index >= 15 is 0 Å². The van der Waals surface area contributed by atoms with Gasteiger partial charge in [-0.1, -0.05) is 13.8 Å². The number of nitrogens with zero attached hydrogens (tertiary/aromatic N) is 1. The van der Waals surface area contributed by atoms with Crippen LogP contribution in [0.3, 0.4) is 0 Å². The second-order valence-corrected chi connectivity index (χ2v) is 8.10. The van der Waals surface area contributed by atoms with Gasteiger partial charge in [0.2, 0.25) is 0 Å². The van der Waals surface area contributed by atoms with Crippen molar-refractivity contribution in [3.05, 3.63) is 16.1 Å². The third kappa shape index (κ3) is 7.38. The number of nitrogens with one attached hydrogen (secondary N) is 1. The molecule has 0 radical (unpaired) electrons. The molecule has 1 rings (SSSR count). The van der Waals surface area contributed by atoms with Gasteiger partial charge in [0.25, 0.3) is 0 Å². The summed E-state index contributed by atoms with van der Waals surface area (Å²) in [5, 5.41) is 13.6. The highest BCUT2D eigenvalue weighted by atomic mass is 32.1. The lowest BCUT2D eigenvalue weighted by atomic mass is 9.98. The number of aromatic nitrogens is 1. The topological polar surface area (TPSA) is 115 Å². The fraction of sp³-hybridized carbons (Fsp3) is 0.647. The van der Waals surface area contributed by atoms with E-state index in [1.165, 1.54) is 12.3 Å². The van der Waals surface area contributed by atoms with Crippen molar-refractivity contribution in [2.75, 3.05) is 0 Å². The largest absolute Gasteiger partial charge is 0.476 e. The van der Waals surface area contributed by atoms with E-state index in [0.717, 1.165) is 11.3 Å². The first kappa shape index (κ1) is 21.9. The van der Waals surface area contributed by atoms with E-state index in [9.17, 15) is 14.4 Å². The van der Waals surface area contributed by atoms with E-state index in [2.05, 4.69) is 10.3 Å². The Balaban J connectivity index is 2.95. The van der Waals surface area contributed by atoms with Gasteiger partial charge in [0.05, 0.1) is 0 Å². The van der Waals surface area contributed by atoms with Crippen LogP contribution in [0.4, 0.5) is 4.79 Å². The maximum atomic E-state index is 12.1. The second-order valence-electron chi connectivity index (χ2n) is 7.21. The standard InChI is InChI=1S/C17H26N2O6S/c1-9(2)11(19-16(23)25-17(4,5)6)7-13(24-10(3)20)14-18-12(8-26-14)15(21)22/h8-9,11,13H,7H2,1-6H3,(H,19,23)(H,21,22)/t11-,13-/m1/s1. The summed E-state index contributed by atoms with van der Waals surface area (Å²) in [5.41, 5.74) is -0.740. The van der Waals surface area contributed by atoms with E-state index in [1.54, 1.807) is 20.8 Å². The number of hydrogen-bond donors (Lipinski definition) is 2. The summed E-state index contributed by atoms with van der Waals surface area (Å²) in [5.74, 6) is -1.64. The molecule has 1 amide bonds. The van der Waals surface area contributed by atoms with Gasteiger partial charge in [0.1, 0.15) is 10.6 Å². The van der Waals surface area contributed by atoms with E-state index in [-0.39, 0.29) is 24.1 Å². The molecule has 0 aliphatic rings. The molecular formula is C17H26N2O6S. The summed E-state index contributed by atoms with van der Waals surface area (Å²) in [4.78, 5) is 38.6. The molecule has 0 aromatic carbocycles. The van der Waals surface area contributed by atoms with Crippen molar-refractivity contribution in [2.24, 2.45) is 5.92 Å². The number of carboxylic acid groups (broad SMARTS) is 1. The highest BCUT2D eigenvalue weighted by Crippen LogP contribution is 2.28. The van der Waals surface area contributed by atoms with Gasteiger partial charge in [0.15, 0.2) is 11.8 Å². The zero-order valence-corrected chi connectivity index (χ0v) is 16.7. The molecule has 8 nitrogen and oxygen atoms in total. The van der Waals surface area contributed by atoms with Gasteiger partial charge in [-0.15, -0.1) is 11.3 Å². The lowest BCUT2D eigenvalue weighted by Gasteiger charge is -2.28. The van der Waals surface area contributed by atoms with Crippen molar-refractivity contribution in [2.45, 2.75) is 65.7 Å². The second kappa shape index (κ2) is 8.98. The minimum atomic E-state index is -1.15. The smallest absolute Gasteiger partial charge is 0.407 e. The Morgan fingerprint density at radius 2 is 1.92 bits per heavy atom. The van der Waals surface area contributed by atoms with Crippen LogP contribution in [0.25, 0.3) is 0 Å². The predicted octanol–water partition coefficient (Wildman–Crippen LogP) is 3.38. The van der Waals surface area contributed by atoms with Gasteiger partial charge < -0.3 is 19.9 Å². The van der Waals surface area contributed by atoms with Crippen LogP contribution in [0, 0.1) is 5.92 Å². The molecule has 0 aliphatic carbocycles. The molecule has 1 heterocycles. The van der Waals surface area contributed by atoms with Crippen molar-refractivity contribution < 1.29 is 29.0 Å². The quantitative estimate of drug-likeness (QED) is 0.690. The Kier molecular flexibility index (Phi) is 7.55. The minimum absolute atomic E-state index is 0.0273. The Labute approximate surface area is 156 Å². The summed E-state index contributed by atoms with van der Waals surface area (Å²) in [6, 6.07) is -0.355. The molecule has 2 N–H and O–H groups in total. The first-order valence-electron chi connectivity index (χ1n) is 8.24. The SMILES string of the molecule is CC(=O)O[C@H](C[C@@H](NC(=O)OC(C)(C)C)C(C)C)c1nc(C(=O)O)cs1. The monoisotopic (exact) mass is 386 g/mol. The Bertz CT molecular complexity index is 650. The number of amides is 1. The maximum absolute atomic E-state index is 12.1. The van der Waals surface area contributed by atoms with E-state index in [1.807, 2.05) is 13.8 Å². The highest BCUT2D eigenvalue weighted by Gasteiger charge is 2.28. The molecule has 0 aliphatic heterocycles. The molecule has 0 fully saturated rings. The van der Waals surface area contributed by atoms with E-state index < -0.39 is 29.7 Å². The predicted molar refractivity (Wildman–Crippen MR) is 96.2 cm³/mol. The zero-order valence-electron chi connectivity index (χ0n) is 15.9. The molecule has 0 bridgehead atoms. The van der Waals surface area contributed by atoms with Gasteiger partial charge in [-0.3, -0.25) is 4.79 Å². The fourth-order valence-corrected chi connectivity index (χ4v) is 2.95. The minimum Gasteiger partial charge on any atom is -0.476 e. The van der Waals surface area contributed by atoms with Crippen LogP contribution >= 0.6 is 11.3 Å². The van der Waals surface area contributed by atoms with Crippen molar-refractivity contribution in [3.8, 4) is 0 Å². The number of ether oxygens (including phenoxy) is 2. The molecule has 0 unspecified atom stereocenters. The molecule has 0 saturated heterocycles. The van der Waals surface area contributed by atoms with Crippen molar-refractivity contribution in [1.29, 1.82) is 0 Å². The molecule has 146 valence electrons. The molecule has 0 saturated carbocycles. The highest BCUT2D eigenvalue weighted by molar-refractivity contribution is 7.09. The van der Waals surface area contributed by atoms with Crippen LogP contribution < -0.4 is 5.32 Å². The number of alkyl carbamates (subject to hydrolysis) is 1.